The van der Waals surface area contributed by atoms with E-state index >= 15 is 0 Å². The van der Waals surface area contributed by atoms with Crippen molar-refractivity contribution in [3.63, 3.8) is 0 Å². The summed E-state index contributed by atoms with van der Waals surface area (Å²) in [6.07, 6.45) is 1.79. The van der Waals surface area contributed by atoms with Gasteiger partial charge < -0.3 is 9.47 Å². The third-order valence-electron chi connectivity index (χ3n) is 6.93. The quantitative estimate of drug-likeness (QED) is 0.302. The Morgan fingerprint density at radius 2 is 1.90 bits per heavy atom. The number of ether oxygens (including phenoxy) is 2. The molecule has 0 N–H and O–H groups in total. The maximum atomic E-state index is 14.1. The molecule has 1 aliphatic heterocycles. The first kappa shape index (κ1) is 27.1. The van der Waals surface area contributed by atoms with Crippen LogP contribution in [0.15, 0.2) is 81.7 Å². The molecule has 4 aromatic rings. The van der Waals surface area contributed by atoms with Crippen molar-refractivity contribution in [3.8, 4) is 11.8 Å². The molecule has 1 aromatic heterocycles. The van der Waals surface area contributed by atoms with Gasteiger partial charge in [0.2, 0.25) is 0 Å². The molecular formula is C32H29N3O4S. The molecule has 0 saturated heterocycles. The molecular weight excluding hydrogens is 522 g/mol. The highest BCUT2D eigenvalue weighted by atomic mass is 32.1. The average Bonchev–Trinajstić information content (AvgIpc) is 3.26. The minimum Gasteiger partial charge on any atom is -0.478 e. The van der Waals surface area contributed by atoms with E-state index in [9.17, 15) is 9.59 Å². The van der Waals surface area contributed by atoms with E-state index in [0.29, 0.717) is 37.8 Å². The van der Waals surface area contributed by atoms with E-state index in [4.69, 9.17) is 14.7 Å². The average molecular weight is 552 g/mol. The lowest BCUT2D eigenvalue weighted by Gasteiger charge is -2.25. The third kappa shape index (κ3) is 4.96. The van der Waals surface area contributed by atoms with Gasteiger partial charge in [0.05, 0.1) is 28.5 Å². The van der Waals surface area contributed by atoms with Gasteiger partial charge in [-0.15, -0.1) is 0 Å². The van der Waals surface area contributed by atoms with Gasteiger partial charge in [0.25, 0.3) is 5.56 Å². The second-order valence-corrected chi connectivity index (χ2v) is 10.8. The van der Waals surface area contributed by atoms with Gasteiger partial charge in [0.15, 0.2) is 11.4 Å². The fourth-order valence-electron chi connectivity index (χ4n) is 4.96. The molecule has 0 bridgehead atoms. The first-order chi connectivity index (χ1) is 19.3. The summed E-state index contributed by atoms with van der Waals surface area (Å²) in [7, 11) is 0. The number of carbonyl (C=O) groups is 1. The van der Waals surface area contributed by atoms with Crippen LogP contribution in [0.2, 0.25) is 0 Å². The van der Waals surface area contributed by atoms with Crippen LogP contribution < -0.4 is 19.6 Å². The molecule has 1 aliphatic rings. The Labute approximate surface area is 235 Å². The van der Waals surface area contributed by atoms with Crippen LogP contribution in [0.4, 0.5) is 0 Å². The summed E-state index contributed by atoms with van der Waals surface area (Å²) in [4.78, 5) is 32.4. The fraction of sp³-hybridized carbons (Fsp3) is 0.250. The molecule has 0 aliphatic carbocycles. The minimum atomic E-state index is -0.680. The van der Waals surface area contributed by atoms with E-state index in [0.717, 1.165) is 21.9 Å². The lowest BCUT2D eigenvalue weighted by atomic mass is 9.93. The summed E-state index contributed by atoms with van der Waals surface area (Å²) in [6.45, 7) is 7.87. The molecule has 0 unspecified atom stereocenters. The zero-order chi connectivity index (χ0) is 28.4. The Kier molecular flexibility index (Phi) is 7.67. The number of rotatable bonds is 7. The van der Waals surface area contributed by atoms with Crippen LogP contribution in [0, 0.1) is 11.3 Å². The molecule has 5 rings (SSSR count). The lowest BCUT2D eigenvalue weighted by Crippen LogP contribution is -2.40. The zero-order valence-corrected chi connectivity index (χ0v) is 23.6. The van der Waals surface area contributed by atoms with E-state index in [-0.39, 0.29) is 18.8 Å². The number of hydrogen-bond donors (Lipinski definition) is 0. The van der Waals surface area contributed by atoms with E-state index < -0.39 is 12.0 Å². The van der Waals surface area contributed by atoms with Crippen LogP contribution in [0.3, 0.4) is 0 Å². The third-order valence-corrected chi connectivity index (χ3v) is 7.92. The Morgan fingerprint density at radius 1 is 1.15 bits per heavy atom. The molecule has 8 heteroatoms. The predicted molar refractivity (Wildman–Crippen MR) is 156 cm³/mol. The first-order valence-electron chi connectivity index (χ1n) is 13.1. The van der Waals surface area contributed by atoms with Crippen molar-refractivity contribution in [1.29, 1.82) is 5.26 Å². The Hall–Kier alpha value is -4.48. The molecule has 1 atom stereocenters. The number of allylic oxidation sites excluding steroid dienone is 1. The lowest BCUT2D eigenvalue weighted by molar-refractivity contribution is -0.139. The van der Waals surface area contributed by atoms with Crippen LogP contribution in [-0.2, 0) is 9.53 Å². The van der Waals surface area contributed by atoms with Gasteiger partial charge in [-0.05, 0) is 53.8 Å². The zero-order valence-electron chi connectivity index (χ0n) is 22.8. The van der Waals surface area contributed by atoms with Crippen molar-refractivity contribution in [2.45, 2.75) is 39.7 Å². The fourth-order valence-corrected chi connectivity index (χ4v) is 5.99. The minimum absolute atomic E-state index is 0.116. The van der Waals surface area contributed by atoms with Crippen LogP contribution in [0.1, 0.15) is 56.3 Å². The van der Waals surface area contributed by atoms with Gasteiger partial charge >= 0.3 is 5.97 Å². The molecule has 0 saturated carbocycles. The molecule has 0 fully saturated rings. The molecule has 3 aromatic carbocycles. The summed E-state index contributed by atoms with van der Waals surface area (Å²) in [5.74, 6) is 0.364. The number of nitriles is 1. The van der Waals surface area contributed by atoms with Crippen molar-refractivity contribution < 1.29 is 14.3 Å². The van der Waals surface area contributed by atoms with E-state index in [1.54, 1.807) is 24.5 Å². The molecule has 202 valence electrons. The van der Waals surface area contributed by atoms with Gasteiger partial charge in [-0.2, -0.15) is 5.26 Å². The van der Waals surface area contributed by atoms with Crippen LogP contribution in [0.25, 0.3) is 16.8 Å². The monoisotopic (exact) mass is 551 g/mol. The topological polar surface area (TPSA) is 93.7 Å². The number of hydrogen-bond acceptors (Lipinski definition) is 7. The maximum absolute atomic E-state index is 14.1. The highest BCUT2D eigenvalue weighted by molar-refractivity contribution is 7.07. The smallest absolute Gasteiger partial charge is 0.338 e. The normalized spacial score (nSPS) is 15.1. The molecule has 7 nitrogen and oxygen atoms in total. The number of esters is 1. The standard InChI is InChI=1S/C32H29N3O4S/c1-5-38-31(37)28-20(4)34-32-35(29(28)23-12-10-21(11-13-23)19(2)3)30(36)27(40-32)18-25-24-9-7-6-8-22(24)14-15-26(25)39-17-16-33/h6-15,18-19,29H,5,17H2,1-4H3/b27-18-/t29-/m0/s1. The Morgan fingerprint density at radius 3 is 2.60 bits per heavy atom. The van der Waals surface area contributed by atoms with Crippen molar-refractivity contribution in [3.05, 3.63) is 108 Å². The van der Waals surface area contributed by atoms with Gasteiger partial charge in [-0.1, -0.05) is 79.8 Å². The number of thiazole rings is 1. The van der Waals surface area contributed by atoms with Crippen LogP contribution in [-0.4, -0.2) is 23.8 Å². The summed E-state index contributed by atoms with van der Waals surface area (Å²) in [6, 6.07) is 20.9. The van der Waals surface area contributed by atoms with Crippen molar-refractivity contribution >= 4 is 34.2 Å². The van der Waals surface area contributed by atoms with E-state index in [1.807, 2.05) is 66.7 Å². The maximum Gasteiger partial charge on any atom is 0.338 e. The highest BCUT2D eigenvalue weighted by Gasteiger charge is 2.33. The number of carbonyl (C=O) groups excluding carboxylic acids is 1. The summed E-state index contributed by atoms with van der Waals surface area (Å²) in [5, 5.41) is 11.0. The highest BCUT2D eigenvalue weighted by Crippen LogP contribution is 2.32. The second kappa shape index (κ2) is 11.3. The van der Waals surface area contributed by atoms with Gasteiger partial charge in [-0.25, -0.2) is 9.79 Å². The number of aromatic nitrogens is 1. The molecule has 0 spiro atoms. The van der Waals surface area contributed by atoms with Crippen molar-refractivity contribution in [2.75, 3.05) is 13.2 Å². The number of fused-ring (bicyclic) bond motifs is 2. The van der Waals surface area contributed by atoms with Gasteiger partial charge in [-0.3, -0.25) is 9.36 Å². The van der Waals surface area contributed by atoms with E-state index in [1.165, 1.54) is 11.3 Å². The molecule has 0 radical (unpaired) electrons. The summed E-state index contributed by atoms with van der Waals surface area (Å²) in [5.41, 5.74) is 3.27. The van der Waals surface area contributed by atoms with Gasteiger partial charge in [0, 0.05) is 5.56 Å². The molecule has 2 heterocycles. The molecule has 0 amide bonds. The van der Waals surface area contributed by atoms with Crippen LogP contribution in [0.5, 0.6) is 5.75 Å². The van der Waals surface area contributed by atoms with Crippen molar-refractivity contribution in [1.82, 2.24) is 4.57 Å². The first-order valence-corrected chi connectivity index (χ1v) is 14.0. The van der Waals surface area contributed by atoms with E-state index in [2.05, 4.69) is 18.8 Å². The summed E-state index contributed by atoms with van der Waals surface area (Å²) < 4.78 is 13.2. The summed E-state index contributed by atoms with van der Waals surface area (Å²) >= 11 is 1.26. The largest absolute Gasteiger partial charge is 0.478 e. The van der Waals surface area contributed by atoms with Crippen LogP contribution >= 0.6 is 11.3 Å². The number of nitrogens with zero attached hydrogens (tertiary/aromatic N) is 3. The molecule has 40 heavy (non-hydrogen) atoms. The Balaban J connectivity index is 1.75. The SMILES string of the molecule is CCOC(=O)C1=C(C)N=c2s/c(=C\c3c(OCC#N)ccc4ccccc34)c(=O)n2[C@H]1c1ccc(C(C)C)cc1. The predicted octanol–water partition coefficient (Wildman–Crippen LogP) is 4.98. The number of benzene rings is 3. The second-order valence-electron chi connectivity index (χ2n) is 9.77. The van der Waals surface area contributed by atoms with Gasteiger partial charge in [0.1, 0.15) is 11.8 Å². The Bertz CT molecular complexity index is 1860. The van der Waals surface area contributed by atoms with Crippen molar-refractivity contribution in [2.24, 2.45) is 4.99 Å².